The third-order valence-electron chi connectivity index (χ3n) is 4.99. The third-order valence-corrected chi connectivity index (χ3v) is 5.72. The molecule has 11 heteroatoms. The van der Waals surface area contributed by atoms with Gasteiger partial charge in [-0.05, 0) is 61.6 Å². The van der Waals surface area contributed by atoms with E-state index in [-0.39, 0.29) is 0 Å². The molecule has 0 unspecified atom stereocenters. The van der Waals surface area contributed by atoms with Crippen molar-refractivity contribution in [3.05, 3.63) is 70.2 Å². The minimum Gasteiger partial charge on any atom is -0.390 e. The van der Waals surface area contributed by atoms with E-state index >= 15 is 0 Å². The van der Waals surface area contributed by atoms with E-state index in [9.17, 15) is 13.2 Å². The van der Waals surface area contributed by atoms with Crippen LogP contribution in [0.3, 0.4) is 0 Å². The number of pyridine rings is 1. The molecule has 35 heavy (non-hydrogen) atoms. The fourth-order valence-corrected chi connectivity index (χ4v) is 3.74. The molecule has 0 radical (unpaired) electrons. The van der Waals surface area contributed by atoms with Crippen molar-refractivity contribution in [1.29, 1.82) is 5.41 Å². The molecule has 184 valence electrons. The van der Waals surface area contributed by atoms with Crippen molar-refractivity contribution < 1.29 is 13.2 Å². The number of hydrogen-bond donors (Lipinski definition) is 5. The second kappa shape index (κ2) is 11.4. The van der Waals surface area contributed by atoms with E-state index in [0.717, 1.165) is 29.8 Å². The van der Waals surface area contributed by atoms with E-state index in [2.05, 4.69) is 26.7 Å². The maximum atomic E-state index is 13.4. The van der Waals surface area contributed by atoms with Crippen molar-refractivity contribution in [2.45, 2.75) is 6.18 Å². The van der Waals surface area contributed by atoms with Gasteiger partial charge in [-0.15, -0.1) is 0 Å². The molecule has 1 heterocycles. The van der Waals surface area contributed by atoms with Crippen LogP contribution in [0.2, 0.25) is 10.0 Å². The van der Waals surface area contributed by atoms with Gasteiger partial charge in [0.2, 0.25) is 0 Å². The first-order valence-corrected chi connectivity index (χ1v) is 11.2. The molecule has 0 saturated carbocycles. The molecule has 0 aliphatic rings. The topological polar surface area (TPSA) is 98.8 Å². The second-order valence-corrected chi connectivity index (χ2v) is 8.21. The summed E-state index contributed by atoms with van der Waals surface area (Å²) in [6, 6.07) is 14.3. The summed E-state index contributed by atoms with van der Waals surface area (Å²) in [5, 5.41) is 17.4. The molecule has 0 aliphatic heterocycles. The summed E-state index contributed by atoms with van der Waals surface area (Å²) in [6.45, 7) is 1.18. The Kier molecular flexibility index (Phi) is 8.61. The number of aromatic nitrogens is 1. The predicted molar refractivity (Wildman–Crippen MR) is 139 cm³/mol. The van der Waals surface area contributed by atoms with Gasteiger partial charge in [0.05, 0.1) is 38.7 Å². The Bertz CT molecular complexity index is 1340. The number of halogens is 5. The number of likely N-dealkylation sites (N-methyl/N-ethyl adjacent to an activating group) is 1. The quantitative estimate of drug-likeness (QED) is 0.0845. The number of alkyl halides is 3. The molecule has 6 nitrogen and oxygen atoms in total. The largest absolute Gasteiger partial charge is 0.416 e. The zero-order chi connectivity index (χ0) is 25.6. The molecule has 0 fully saturated rings. The number of benzene rings is 3. The Labute approximate surface area is 210 Å². The zero-order valence-corrected chi connectivity index (χ0v) is 20.1. The summed E-state index contributed by atoms with van der Waals surface area (Å²) in [7, 11) is 1.81. The number of nitrogens with zero attached hydrogens (tertiary/aromatic N) is 1. The summed E-state index contributed by atoms with van der Waals surface area (Å²) >= 11 is 12.1. The van der Waals surface area contributed by atoms with Gasteiger partial charge >= 0.3 is 6.18 Å². The minimum absolute atomic E-state index is 0.412. The number of nitrogens with two attached hydrogens (primary N) is 1. The normalized spacial score (nSPS) is 11.1. The summed E-state index contributed by atoms with van der Waals surface area (Å²) in [6.07, 6.45) is -3.69. The van der Waals surface area contributed by atoms with Crippen LogP contribution in [0.25, 0.3) is 21.8 Å². The van der Waals surface area contributed by atoms with E-state index in [1.165, 1.54) is 6.07 Å². The van der Waals surface area contributed by atoms with Crippen molar-refractivity contribution in [3.8, 4) is 0 Å². The third kappa shape index (κ3) is 6.45. The lowest BCUT2D eigenvalue weighted by Gasteiger charge is -2.16. The van der Waals surface area contributed by atoms with Crippen molar-refractivity contribution >= 4 is 68.4 Å². The fourth-order valence-electron chi connectivity index (χ4n) is 3.44. The van der Waals surface area contributed by atoms with E-state index in [1.807, 2.05) is 25.2 Å². The lowest BCUT2D eigenvalue weighted by atomic mass is 10.0. The van der Waals surface area contributed by atoms with Crippen LogP contribution in [0.4, 0.5) is 30.2 Å². The van der Waals surface area contributed by atoms with Crippen LogP contribution in [0.15, 0.2) is 54.6 Å². The first-order chi connectivity index (χ1) is 16.7. The van der Waals surface area contributed by atoms with Crippen LogP contribution in [0.1, 0.15) is 5.56 Å². The number of anilines is 3. The lowest BCUT2D eigenvalue weighted by Crippen LogP contribution is -2.18. The zero-order valence-electron chi connectivity index (χ0n) is 18.6. The highest BCUT2D eigenvalue weighted by molar-refractivity contribution is 6.42. The highest BCUT2D eigenvalue weighted by Gasteiger charge is 2.31. The molecular formula is C24H23Cl2F3N6. The van der Waals surface area contributed by atoms with Crippen molar-refractivity contribution in [3.63, 3.8) is 0 Å². The molecule has 0 amide bonds. The number of rotatable bonds is 6. The standard InChI is InChI=1S/C23H19Cl2F3N4.CH4N2/c1-29-8-9-30-22-16-10-13(23(26,27)28)2-6-20(16)32-21-7-4-14(11-17(21)22)31-15-3-5-18(24)19(25)12-15;2-1-3/h2-7,10-12,29,31H,8-9H2,1H3,(H,30,32);1H,(H3,2,3). The van der Waals surface area contributed by atoms with E-state index in [4.69, 9.17) is 28.6 Å². The molecule has 0 saturated heterocycles. The lowest BCUT2D eigenvalue weighted by molar-refractivity contribution is -0.137. The second-order valence-electron chi connectivity index (χ2n) is 7.40. The first-order valence-electron chi connectivity index (χ1n) is 10.4. The van der Waals surface area contributed by atoms with Crippen molar-refractivity contribution in [2.75, 3.05) is 30.8 Å². The van der Waals surface area contributed by atoms with Crippen LogP contribution in [0.5, 0.6) is 0 Å². The SMILES string of the molecule is CNCCNc1c2cc(Nc3ccc(Cl)c(Cl)c3)ccc2nc2ccc(C(F)(F)F)cc12.N=CN. The highest BCUT2D eigenvalue weighted by Crippen LogP contribution is 2.37. The van der Waals surface area contributed by atoms with Gasteiger partial charge in [0.25, 0.3) is 0 Å². The molecule has 0 spiro atoms. The van der Waals surface area contributed by atoms with Gasteiger partial charge in [0.15, 0.2) is 0 Å². The van der Waals surface area contributed by atoms with Gasteiger partial charge in [0, 0.05) is 35.2 Å². The van der Waals surface area contributed by atoms with Crippen LogP contribution < -0.4 is 21.7 Å². The molecule has 0 aliphatic carbocycles. The summed E-state index contributed by atoms with van der Waals surface area (Å²) in [5.74, 6) is 0. The van der Waals surface area contributed by atoms with E-state index in [1.54, 1.807) is 18.2 Å². The van der Waals surface area contributed by atoms with Crippen molar-refractivity contribution in [2.24, 2.45) is 5.73 Å². The van der Waals surface area contributed by atoms with Crippen molar-refractivity contribution in [1.82, 2.24) is 10.3 Å². The number of fused-ring (bicyclic) bond motifs is 2. The van der Waals surface area contributed by atoms with Gasteiger partial charge in [-0.2, -0.15) is 13.2 Å². The van der Waals surface area contributed by atoms with Gasteiger partial charge in [-0.25, -0.2) is 4.98 Å². The van der Waals surface area contributed by atoms with E-state index < -0.39 is 11.7 Å². The summed E-state index contributed by atoms with van der Waals surface area (Å²) < 4.78 is 40.1. The smallest absolute Gasteiger partial charge is 0.390 e. The van der Waals surface area contributed by atoms with Gasteiger partial charge in [0.1, 0.15) is 0 Å². The Morgan fingerprint density at radius 3 is 2.14 bits per heavy atom. The van der Waals surface area contributed by atoms with Gasteiger partial charge < -0.3 is 21.7 Å². The molecule has 0 bridgehead atoms. The van der Waals surface area contributed by atoms with Gasteiger partial charge in [-0.3, -0.25) is 5.41 Å². The molecular weight excluding hydrogens is 500 g/mol. The number of nitrogens with one attached hydrogen (secondary N) is 4. The van der Waals surface area contributed by atoms with Gasteiger partial charge in [-0.1, -0.05) is 23.2 Å². The van der Waals surface area contributed by atoms with Crippen LogP contribution in [0, 0.1) is 5.41 Å². The van der Waals surface area contributed by atoms with Crippen LogP contribution >= 0.6 is 23.2 Å². The monoisotopic (exact) mass is 522 g/mol. The summed E-state index contributed by atoms with van der Waals surface area (Å²) in [4.78, 5) is 4.57. The minimum atomic E-state index is -4.44. The van der Waals surface area contributed by atoms with Crippen LogP contribution in [-0.4, -0.2) is 31.5 Å². The molecule has 4 aromatic rings. The maximum Gasteiger partial charge on any atom is 0.416 e. The Balaban J connectivity index is 0.00000108. The molecule has 1 aromatic heterocycles. The first kappa shape index (κ1) is 26.3. The summed E-state index contributed by atoms with van der Waals surface area (Å²) in [5.41, 5.74) is 6.90. The molecule has 4 rings (SSSR count). The average Bonchev–Trinajstić information content (AvgIpc) is 2.81. The Hall–Kier alpha value is -3.27. The van der Waals surface area contributed by atoms with E-state index in [0.29, 0.717) is 50.6 Å². The number of hydrogen-bond acceptors (Lipinski definition) is 5. The molecule has 3 aromatic carbocycles. The fraction of sp³-hybridized carbons (Fsp3) is 0.167. The Morgan fingerprint density at radius 2 is 1.51 bits per heavy atom. The maximum absolute atomic E-state index is 13.4. The Morgan fingerprint density at radius 1 is 0.914 bits per heavy atom. The molecule has 6 N–H and O–H groups in total. The average molecular weight is 523 g/mol. The highest BCUT2D eigenvalue weighted by atomic mass is 35.5. The van der Waals surface area contributed by atoms with Crippen LogP contribution in [-0.2, 0) is 6.18 Å². The molecule has 0 atom stereocenters. The predicted octanol–water partition coefficient (Wildman–Crippen LogP) is 6.64.